The molecule has 1 nitrogen and oxygen atoms in total. The van der Waals surface area contributed by atoms with Gasteiger partial charge in [0, 0.05) is 17.4 Å². The van der Waals surface area contributed by atoms with Crippen LogP contribution < -0.4 is 0 Å². The van der Waals surface area contributed by atoms with Crippen molar-refractivity contribution in [3.63, 3.8) is 0 Å². The fourth-order valence-electron chi connectivity index (χ4n) is 0. The molecule has 0 bridgehead atoms. The highest BCUT2D eigenvalue weighted by Crippen LogP contribution is 1.84. The van der Waals surface area contributed by atoms with Crippen LogP contribution in [0.3, 0.4) is 0 Å². The SMILES string of the molecule is C1CO1.[Al]. The van der Waals surface area contributed by atoms with Crippen LogP contribution in [0.15, 0.2) is 0 Å². The highest BCUT2D eigenvalue weighted by atomic mass is 27.0. The first kappa shape index (κ1) is 4.49. The number of hydrogen-bond acceptors (Lipinski definition) is 1. The second-order valence-electron chi connectivity index (χ2n) is 0.612. The molecular weight excluding hydrogens is 67.0 g/mol. The number of hydrogen-bond donors (Lipinski definition) is 0. The van der Waals surface area contributed by atoms with Gasteiger partial charge in [0.2, 0.25) is 0 Å². The van der Waals surface area contributed by atoms with Crippen molar-refractivity contribution in [2.45, 2.75) is 0 Å². The molecule has 0 atom stereocenters. The smallest absolute Gasteiger partial charge is 0.0701 e. The molecule has 0 saturated carbocycles. The third-order valence-electron chi connectivity index (χ3n) is 0.204. The quantitative estimate of drug-likeness (QED) is 0.280. The predicted molar refractivity (Wildman–Crippen MR) is 16.6 cm³/mol. The molecule has 2 heteroatoms. The van der Waals surface area contributed by atoms with Gasteiger partial charge in [-0.05, 0) is 0 Å². The summed E-state index contributed by atoms with van der Waals surface area (Å²) in [5, 5.41) is 0. The Morgan fingerprint density at radius 1 is 1.25 bits per heavy atom. The third-order valence-corrected chi connectivity index (χ3v) is 0.204. The minimum atomic E-state index is 0. The molecule has 0 aromatic heterocycles. The van der Waals surface area contributed by atoms with Gasteiger partial charge in [0.05, 0.1) is 13.2 Å². The third kappa shape index (κ3) is 2.49. The highest BCUT2D eigenvalue weighted by Gasteiger charge is 1.94. The van der Waals surface area contributed by atoms with Crippen molar-refractivity contribution in [3.8, 4) is 0 Å². The van der Waals surface area contributed by atoms with E-state index in [0.717, 1.165) is 13.2 Å². The molecule has 0 spiro atoms. The van der Waals surface area contributed by atoms with Crippen LogP contribution in [0.2, 0.25) is 0 Å². The summed E-state index contributed by atoms with van der Waals surface area (Å²) in [4.78, 5) is 0. The summed E-state index contributed by atoms with van der Waals surface area (Å²) in [5.74, 6) is 0. The van der Waals surface area contributed by atoms with Gasteiger partial charge in [-0.3, -0.25) is 0 Å². The van der Waals surface area contributed by atoms with E-state index in [0.29, 0.717) is 0 Å². The second-order valence-corrected chi connectivity index (χ2v) is 0.612. The van der Waals surface area contributed by atoms with Gasteiger partial charge in [0.15, 0.2) is 0 Å². The van der Waals surface area contributed by atoms with Crippen LogP contribution in [0, 0.1) is 0 Å². The number of epoxide rings is 1. The molecule has 1 aliphatic heterocycles. The number of ether oxygens (including phenoxy) is 1. The van der Waals surface area contributed by atoms with Crippen LogP contribution in [0.4, 0.5) is 0 Å². The maximum atomic E-state index is 4.50. The Balaban J connectivity index is 0.0000000900. The molecule has 1 heterocycles. The zero-order valence-electron chi connectivity index (χ0n) is 2.40. The summed E-state index contributed by atoms with van der Waals surface area (Å²) in [6.07, 6.45) is 0. The lowest BCUT2D eigenvalue weighted by Gasteiger charge is -1.24. The van der Waals surface area contributed by atoms with Gasteiger partial charge in [0.1, 0.15) is 0 Å². The van der Waals surface area contributed by atoms with E-state index in [-0.39, 0.29) is 17.4 Å². The van der Waals surface area contributed by atoms with Gasteiger partial charge in [-0.25, -0.2) is 0 Å². The maximum Gasteiger partial charge on any atom is 0.0701 e. The Bertz CT molecular complexity index is 10.8. The number of rotatable bonds is 0. The Morgan fingerprint density at radius 3 is 1.50 bits per heavy atom. The summed E-state index contributed by atoms with van der Waals surface area (Å²) in [6, 6.07) is 0. The normalized spacial score (nSPS) is 18.0. The Morgan fingerprint density at radius 2 is 1.50 bits per heavy atom. The van der Waals surface area contributed by atoms with E-state index in [1.807, 2.05) is 0 Å². The summed E-state index contributed by atoms with van der Waals surface area (Å²) in [6.45, 7) is 2.00. The van der Waals surface area contributed by atoms with E-state index in [4.69, 9.17) is 0 Å². The van der Waals surface area contributed by atoms with E-state index < -0.39 is 0 Å². The Hall–Kier alpha value is 0.492. The van der Waals surface area contributed by atoms with E-state index >= 15 is 0 Å². The zero-order chi connectivity index (χ0) is 2.12. The van der Waals surface area contributed by atoms with E-state index in [9.17, 15) is 0 Å². The van der Waals surface area contributed by atoms with Crippen molar-refractivity contribution in [1.29, 1.82) is 0 Å². The largest absolute Gasteiger partial charge is 0.377 e. The molecule has 21 valence electrons. The van der Waals surface area contributed by atoms with E-state index in [1.165, 1.54) is 0 Å². The van der Waals surface area contributed by atoms with Gasteiger partial charge in [-0.2, -0.15) is 0 Å². The van der Waals surface area contributed by atoms with Crippen molar-refractivity contribution >= 4 is 17.4 Å². The van der Waals surface area contributed by atoms with Crippen LogP contribution in [-0.2, 0) is 4.74 Å². The first-order valence-electron chi connectivity index (χ1n) is 1.08. The standard InChI is InChI=1S/C2H4O.Al/c1-2-3-1;/h1-2H2;. The summed E-state index contributed by atoms with van der Waals surface area (Å²) >= 11 is 0. The van der Waals surface area contributed by atoms with Crippen molar-refractivity contribution in [3.05, 3.63) is 0 Å². The summed E-state index contributed by atoms with van der Waals surface area (Å²) in [7, 11) is 0. The fraction of sp³-hybridized carbons (Fsp3) is 1.00. The Labute approximate surface area is 36.1 Å². The van der Waals surface area contributed by atoms with Crippen LogP contribution in [0.1, 0.15) is 0 Å². The van der Waals surface area contributed by atoms with Gasteiger partial charge in [0.25, 0.3) is 0 Å². The van der Waals surface area contributed by atoms with Crippen molar-refractivity contribution in [1.82, 2.24) is 0 Å². The monoisotopic (exact) mass is 71.0 g/mol. The minimum absolute atomic E-state index is 0. The molecule has 0 N–H and O–H groups in total. The van der Waals surface area contributed by atoms with Gasteiger partial charge < -0.3 is 4.74 Å². The van der Waals surface area contributed by atoms with Gasteiger partial charge in [-0.1, -0.05) is 0 Å². The Kier molecular flexibility index (Phi) is 2.00. The molecule has 0 aliphatic carbocycles. The lowest BCUT2D eigenvalue weighted by molar-refractivity contribution is 0.475. The molecule has 0 aromatic rings. The molecule has 1 rings (SSSR count). The molecule has 3 radical (unpaired) electrons. The maximum absolute atomic E-state index is 4.50. The van der Waals surface area contributed by atoms with Crippen molar-refractivity contribution in [2.75, 3.05) is 13.2 Å². The van der Waals surface area contributed by atoms with E-state index in [2.05, 4.69) is 4.74 Å². The molecule has 1 saturated heterocycles. The molecular formula is C2H4AlO. The second kappa shape index (κ2) is 1.78. The molecule has 0 amide bonds. The fourth-order valence-corrected chi connectivity index (χ4v) is 0. The average Bonchev–Trinajstić information content (AvgIpc) is 1.46. The van der Waals surface area contributed by atoms with Crippen LogP contribution in [-0.4, -0.2) is 30.6 Å². The topological polar surface area (TPSA) is 12.5 Å². The molecule has 4 heavy (non-hydrogen) atoms. The van der Waals surface area contributed by atoms with Crippen molar-refractivity contribution < 1.29 is 4.74 Å². The van der Waals surface area contributed by atoms with Gasteiger partial charge >= 0.3 is 0 Å². The predicted octanol–water partition coefficient (Wildman–Crippen LogP) is -0.364. The average molecular weight is 71.0 g/mol. The van der Waals surface area contributed by atoms with Crippen LogP contribution in [0.5, 0.6) is 0 Å². The van der Waals surface area contributed by atoms with Crippen LogP contribution >= 0.6 is 0 Å². The summed E-state index contributed by atoms with van der Waals surface area (Å²) in [5.41, 5.74) is 0. The lowest BCUT2D eigenvalue weighted by Crippen LogP contribution is -1.20. The minimum Gasteiger partial charge on any atom is -0.377 e. The molecule has 1 aliphatic rings. The molecule has 1 fully saturated rings. The first-order chi connectivity index (χ1) is 1.50. The molecule has 0 aromatic carbocycles. The van der Waals surface area contributed by atoms with Crippen molar-refractivity contribution in [2.24, 2.45) is 0 Å². The summed E-state index contributed by atoms with van der Waals surface area (Å²) < 4.78 is 4.50. The zero-order valence-corrected chi connectivity index (χ0v) is 3.55. The lowest BCUT2D eigenvalue weighted by atomic mass is 11.0. The van der Waals surface area contributed by atoms with E-state index in [1.54, 1.807) is 0 Å². The van der Waals surface area contributed by atoms with Crippen LogP contribution in [0.25, 0.3) is 0 Å². The highest BCUT2D eigenvalue weighted by molar-refractivity contribution is 5.75. The first-order valence-corrected chi connectivity index (χ1v) is 1.08. The van der Waals surface area contributed by atoms with Gasteiger partial charge in [-0.15, -0.1) is 0 Å². The molecule has 0 unspecified atom stereocenters.